The molecule has 0 radical (unpaired) electrons. The maximum Gasteiger partial charge on any atom is 0.141 e. The zero-order chi connectivity index (χ0) is 15.2. The van der Waals surface area contributed by atoms with E-state index < -0.39 is 0 Å². The van der Waals surface area contributed by atoms with E-state index in [2.05, 4.69) is 35.3 Å². The lowest BCUT2D eigenvalue weighted by Crippen LogP contribution is -2.22. The molecule has 0 saturated carbocycles. The van der Waals surface area contributed by atoms with Gasteiger partial charge in [-0.1, -0.05) is 11.6 Å². The van der Waals surface area contributed by atoms with Crippen molar-refractivity contribution < 1.29 is 5.11 Å². The van der Waals surface area contributed by atoms with Crippen LogP contribution in [0.5, 0.6) is 5.75 Å². The lowest BCUT2D eigenvalue weighted by molar-refractivity contribution is 0.413. The maximum absolute atomic E-state index is 9.59. The first kappa shape index (κ1) is 13.9. The molecule has 0 aliphatic carbocycles. The summed E-state index contributed by atoms with van der Waals surface area (Å²) in [7, 11) is 0. The van der Waals surface area contributed by atoms with Gasteiger partial charge in [0.2, 0.25) is 0 Å². The molecule has 3 rings (SSSR count). The lowest BCUT2D eigenvalue weighted by atomic mass is 10.1. The Morgan fingerprint density at radius 1 is 1.19 bits per heavy atom. The molecule has 0 unspecified atom stereocenters. The summed E-state index contributed by atoms with van der Waals surface area (Å²) in [5.41, 5.74) is 2.59. The Bertz CT molecular complexity index is 818. The molecular weight excluding hydrogens is 286 g/mol. The van der Waals surface area contributed by atoms with Gasteiger partial charge in [0, 0.05) is 17.3 Å². The Hall–Kier alpha value is -2.07. The Labute approximate surface area is 128 Å². The SMILES string of the molecule is CC(C)(C)n1c(-c2ccc(O)c(Cl)c2)nc2cnccc21. The maximum atomic E-state index is 9.59. The van der Waals surface area contributed by atoms with Gasteiger partial charge in [0.1, 0.15) is 17.1 Å². The van der Waals surface area contributed by atoms with Crippen LogP contribution in [0.3, 0.4) is 0 Å². The number of aromatic nitrogens is 3. The Balaban J connectivity index is 2.33. The highest BCUT2D eigenvalue weighted by molar-refractivity contribution is 6.32. The van der Waals surface area contributed by atoms with Crippen LogP contribution >= 0.6 is 11.6 Å². The summed E-state index contributed by atoms with van der Waals surface area (Å²) in [4.78, 5) is 8.81. The highest BCUT2D eigenvalue weighted by Gasteiger charge is 2.22. The minimum absolute atomic E-state index is 0.0699. The largest absolute Gasteiger partial charge is 0.506 e. The molecule has 3 aromatic rings. The van der Waals surface area contributed by atoms with E-state index in [1.807, 2.05) is 12.1 Å². The number of pyridine rings is 1. The topological polar surface area (TPSA) is 50.9 Å². The van der Waals surface area contributed by atoms with Gasteiger partial charge in [0.25, 0.3) is 0 Å². The zero-order valence-corrected chi connectivity index (χ0v) is 12.9. The molecule has 5 heteroatoms. The molecule has 0 aliphatic rings. The summed E-state index contributed by atoms with van der Waals surface area (Å²) in [5.74, 6) is 0.882. The van der Waals surface area contributed by atoms with Crippen molar-refractivity contribution in [2.45, 2.75) is 26.3 Å². The number of rotatable bonds is 1. The molecule has 0 atom stereocenters. The fourth-order valence-electron chi connectivity index (χ4n) is 2.45. The number of imidazole rings is 1. The Morgan fingerprint density at radius 3 is 2.62 bits per heavy atom. The van der Waals surface area contributed by atoms with Gasteiger partial charge in [-0.05, 0) is 45.0 Å². The van der Waals surface area contributed by atoms with Crippen LogP contribution < -0.4 is 0 Å². The molecule has 0 saturated heterocycles. The Kier molecular flexibility index (Phi) is 3.14. The molecule has 4 nitrogen and oxygen atoms in total. The molecule has 0 bridgehead atoms. The van der Waals surface area contributed by atoms with Crippen molar-refractivity contribution in [3.63, 3.8) is 0 Å². The summed E-state index contributed by atoms with van der Waals surface area (Å²) in [6.07, 6.45) is 3.52. The van der Waals surface area contributed by atoms with E-state index in [1.54, 1.807) is 24.5 Å². The van der Waals surface area contributed by atoms with Crippen LogP contribution in [0.2, 0.25) is 5.02 Å². The fourth-order valence-corrected chi connectivity index (χ4v) is 2.63. The van der Waals surface area contributed by atoms with Gasteiger partial charge in [0.15, 0.2) is 0 Å². The number of phenolic OH excluding ortho intramolecular Hbond substituents is 1. The molecule has 0 aliphatic heterocycles. The molecular formula is C16H16ClN3O. The minimum Gasteiger partial charge on any atom is -0.506 e. The van der Waals surface area contributed by atoms with Crippen molar-refractivity contribution in [3.05, 3.63) is 41.7 Å². The second-order valence-electron chi connectivity index (χ2n) is 5.97. The zero-order valence-electron chi connectivity index (χ0n) is 12.1. The quantitative estimate of drug-likeness (QED) is 0.732. The first-order valence-electron chi connectivity index (χ1n) is 6.70. The van der Waals surface area contributed by atoms with E-state index in [4.69, 9.17) is 11.6 Å². The van der Waals surface area contributed by atoms with Gasteiger partial charge in [-0.2, -0.15) is 0 Å². The Morgan fingerprint density at radius 2 is 1.95 bits per heavy atom. The average Bonchev–Trinajstić information content (AvgIpc) is 2.81. The van der Waals surface area contributed by atoms with Gasteiger partial charge in [-0.15, -0.1) is 0 Å². The number of benzene rings is 1. The van der Waals surface area contributed by atoms with E-state index in [1.165, 1.54) is 0 Å². The summed E-state index contributed by atoms with van der Waals surface area (Å²) < 4.78 is 2.16. The lowest BCUT2D eigenvalue weighted by Gasteiger charge is -2.24. The van der Waals surface area contributed by atoms with Crippen molar-refractivity contribution in [1.29, 1.82) is 0 Å². The second-order valence-corrected chi connectivity index (χ2v) is 6.38. The number of nitrogens with zero attached hydrogens (tertiary/aromatic N) is 3. The molecule has 0 spiro atoms. The van der Waals surface area contributed by atoms with E-state index in [-0.39, 0.29) is 11.3 Å². The van der Waals surface area contributed by atoms with E-state index in [0.717, 1.165) is 22.4 Å². The van der Waals surface area contributed by atoms with Crippen molar-refractivity contribution in [2.24, 2.45) is 0 Å². The molecule has 2 heterocycles. The first-order chi connectivity index (χ1) is 9.88. The average molecular weight is 302 g/mol. The number of aromatic hydroxyl groups is 1. The molecule has 21 heavy (non-hydrogen) atoms. The van der Waals surface area contributed by atoms with Gasteiger partial charge in [-0.25, -0.2) is 4.98 Å². The van der Waals surface area contributed by atoms with Crippen LogP contribution in [0.4, 0.5) is 0 Å². The number of hydrogen-bond acceptors (Lipinski definition) is 3. The van der Waals surface area contributed by atoms with Crippen LogP contribution in [-0.4, -0.2) is 19.6 Å². The second kappa shape index (κ2) is 4.74. The number of fused-ring (bicyclic) bond motifs is 1. The van der Waals surface area contributed by atoms with E-state index >= 15 is 0 Å². The number of phenols is 1. The standard InChI is InChI=1S/C16H16ClN3O/c1-16(2,3)20-13-6-7-18-9-12(13)19-15(20)10-4-5-14(21)11(17)8-10/h4-9,21H,1-3H3. The molecule has 0 amide bonds. The van der Waals surface area contributed by atoms with Gasteiger partial charge < -0.3 is 9.67 Å². The van der Waals surface area contributed by atoms with E-state index in [0.29, 0.717) is 5.02 Å². The molecule has 0 fully saturated rings. The number of hydrogen-bond donors (Lipinski definition) is 1. The highest BCUT2D eigenvalue weighted by Crippen LogP contribution is 2.34. The summed E-state index contributed by atoms with van der Waals surface area (Å²) in [5, 5.41) is 9.91. The van der Waals surface area contributed by atoms with E-state index in [9.17, 15) is 5.11 Å². The molecule has 2 aromatic heterocycles. The first-order valence-corrected chi connectivity index (χ1v) is 7.07. The predicted octanol–water partition coefficient (Wildman–Crippen LogP) is 4.21. The number of halogens is 1. The third-order valence-corrected chi connectivity index (χ3v) is 3.64. The normalized spacial score (nSPS) is 12.0. The molecule has 1 N–H and O–H groups in total. The summed E-state index contributed by atoms with van der Waals surface area (Å²) >= 11 is 6.03. The third kappa shape index (κ3) is 2.36. The summed E-state index contributed by atoms with van der Waals surface area (Å²) in [6.45, 7) is 6.38. The van der Waals surface area contributed by atoms with Gasteiger partial charge >= 0.3 is 0 Å². The van der Waals surface area contributed by atoms with Crippen molar-refractivity contribution in [3.8, 4) is 17.1 Å². The summed E-state index contributed by atoms with van der Waals surface area (Å²) in [6, 6.07) is 7.09. The third-order valence-electron chi connectivity index (χ3n) is 3.33. The fraction of sp³-hybridized carbons (Fsp3) is 0.250. The van der Waals surface area contributed by atoms with Crippen LogP contribution in [0.15, 0.2) is 36.7 Å². The van der Waals surface area contributed by atoms with Gasteiger partial charge in [-0.3, -0.25) is 4.98 Å². The molecule has 108 valence electrons. The van der Waals surface area contributed by atoms with Crippen LogP contribution in [0.25, 0.3) is 22.4 Å². The van der Waals surface area contributed by atoms with Crippen molar-refractivity contribution in [2.75, 3.05) is 0 Å². The van der Waals surface area contributed by atoms with Crippen LogP contribution in [0, 0.1) is 0 Å². The predicted molar refractivity (Wildman–Crippen MR) is 84.6 cm³/mol. The van der Waals surface area contributed by atoms with Crippen molar-refractivity contribution in [1.82, 2.24) is 14.5 Å². The van der Waals surface area contributed by atoms with Crippen molar-refractivity contribution >= 4 is 22.6 Å². The molecule has 1 aromatic carbocycles. The smallest absolute Gasteiger partial charge is 0.141 e. The minimum atomic E-state index is -0.143. The monoisotopic (exact) mass is 301 g/mol. The van der Waals surface area contributed by atoms with Crippen LogP contribution in [0.1, 0.15) is 20.8 Å². The highest BCUT2D eigenvalue weighted by atomic mass is 35.5. The van der Waals surface area contributed by atoms with Gasteiger partial charge in [0.05, 0.1) is 16.7 Å². The van der Waals surface area contributed by atoms with Crippen LogP contribution in [-0.2, 0) is 5.54 Å².